The van der Waals surface area contributed by atoms with Crippen LogP contribution < -0.4 is 16.6 Å². The zero-order chi connectivity index (χ0) is 13.8. The Bertz CT molecular complexity index is 566. The van der Waals surface area contributed by atoms with E-state index in [2.05, 4.69) is 30.9 Å². The predicted molar refractivity (Wildman–Crippen MR) is 70.3 cm³/mol. The molecule has 0 aromatic carbocycles. The summed E-state index contributed by atoms with van der Waals surface area (Å²) in [7, 11) is 0. The van der Waals surface area contributed by atoms with Crippen molar-refractivity contribution in [3.8, 4) is 0 Å². The summed E-state index contributed by atoms with van der Waals surface area (Å²) < 4.78 is 5.03. The van der Waals surface area contributed by atoms with Crippen molar-refractivity contribution in [2.24, 2.45) is 5.84 Å². The average Bonchev–Trinajstić information content (AvgIpc) is 2.83. The minimum atomic E-state index is 0.409. The minimum absolute atomic E-state index is 0.409. The molecule has 0 saturated carbocycles. The van der Waals surface area contributed by atoms with Crippen molar-refractivity contribution >= 4 is 11.6 Å². The Labute approximate surface area is 110 Å². The van der Waals surface area contributed by atoms with Crippen molar-refractivity contribution in [3.05, 3.63) is 23.1 Å². The van der Waals surface area contributed by atoms with Crippen molar-refractivity contribution in [2.75, 3.05) is 10.7 Å². The molecule has 8 nitrogen and oxygen atoms in total. The Hall–Kier alpha value is -2.22. The van der Waals surface area contributed by atoms with Gasteiger partial charge >= 0.3 is 0 Å². The Kier molecular flexibility index (Phi) is 3.91. The number of nitrogens with zero attached hydrogens (tertiary/aromatic N) is 4. The molecule has 0 aliphatic heterocycles. The van der Waals surface area contributed by atoms with Gasteiger partial charge in [-0.15, -0.1) is 0 Å². The van der Waals surface area contributed by atoms with Crippen LogP contribution in [-0.4, -0.2) is 20.1 Å². The van der Waals surface area contributed by atoms with Gasteiger partial charge in [0.1, 0.15) is 17.5 Å². The number of aromatic nitrogens is 4. The zero-order valence-electron chi connectivity index (χ0n) is 11.2. The largest absolute Gasteiger partial charge is 0.361 e. The van der Waals surface area contributed by atoms with E-state index < -0.39 is 0 Å². The molecule has 0 spiro atoms. The number of hydrogen-bond donors (Lipinski definition) is 3. The summed E-state index contributed by atoms with van der Waals surface area (Å²) in [6.07, 6.45) is 0.726. The van der Waals surface area contributed by atoms with Gasteiger partial charge in [0.2, 0.25) is 5.89 Å². The van der Waals surface area contributed by atoms with Gasteiger partial charge in [0.15, 0.2) is 5.82 Å². The summed E-state index contributed by atoms with van der Waals surface area (Å²) >= 11 is 0. The van der Waals surface area contributed by atoms with Crippen molar-refractivity contribution < 1.29 is 4.52 Å². The van der Waals surface area contributed by atoms with Crippen LogP contribution in [-0.2, 0) is 13.0 Å². The smallest absolute Gasteiger partial charge is 0.245 e. The van der Waals surface area contributed by atoms with Crippen LogP contribution >= 0.6 is 0 Å². The molecule has 4 N–H and O–H groups in total. The summed E-state index contributed by atoms with van der Waals surface area (Å²) in [5.74, 6) is 8.58. The van der Waals surface area contributed by atoms with Crippen molar-refractivity contribution in [1.29, 1.82) is 0 Å². The Morgan fingerprint density at radius 2 is 1.89 bits per heavy atom. The fourth-order valence-electron chi connectivity index (χ4n) is 1.60. The lowest BCUT2D eigenvalue weighted by Gasteiger charge is -2.11. The van der Waals surface area contributed by atoms with Gasteiger partial charge in [-0.25, -0.2) is 15.8 Å². The van der Waals surface area contributed by atoms with E-state index in [1.165, 1.54) is 0 Å². The van der Waals surface area contributed by atoms with Crippen LogP contribution in [0.1, 0.15) is 30.0 Å². The van der Waals surface area contributed by atoms with Gasteiger partial charge in [-0.1, -0.05) is 12.1 Å². The first-order valence-corrected chi connectivity index (χ1v) is 6.01. The molecule has 0 fully saturated rings. The van der Waals surface area contributed by atoms with E-state index in [0.717, 1.165) is 12.0 Å². The molecule has 0 saturated heterocycles. The third-order valence-corrected chi connectivity index (χ3v) is 2.62. The van der Waals surface area contributed by atoms with Crippen molar-refractivity contribution in [3.63, 3.8) is 0 Å². The van der Waals surface area contributed by atoms with E-state index in [4.69, 9.17) is 10.4 Å². The highest BCUT2D eigenvalue weighted by Crippen LogP contribution is 2.19. The molecule has 0 unspecified atom stereocenters. The summed E-state index contributed by atoms with van der Waals surface area (Å²) in [4.78, 5) is 12.8. The zero-order valence-corrected chi connectivity index (χ0v) is 11.2. The van der Waals surface area contributed by atoms with Crippen LogP contribution in [0.3, 0.4) is 0 Å². The van der Waals surface area contributed by atoms with Crippen molar-refractivity contribution in [2.45, 2.75) is 33.7 Å². The summed E-state index contributed by atoms with van der Waals surface area (Å²) in [5.41, 5.74) is 3.41. The van der Waals surface area contributed by atoms with E-state index in [-0.39, 0.29) is 0 Å². The van der Waals surface area contributed by atoms with Crippen LogP contribution in [0.4, 0.5) is 11.6 Å². The summed E-state index contributed by atoms with van der Waals surface area (Å²) in [6, 6.07) is 0. The lowest BCUT2D eigenvalue weighted by molar-refractivity contribution is 0.379. The lowest BCUT2D eigenvalue weighted by atomic mass is 10.3. The molecule has 2 rings (SSSR count). The van der Waals surface area contributed by atoms with Crippen LogP contribution in [0.25, 0.3) is 0 Å². The van der Waals surface area contributed by atoms with Crippen molar-refractivity contribution in [1.82, 2.24) is 20.1 Å². The lowest BCUT2D eigenvalue weighted by Crippen LogP contribution is -2.14. The van der Waals surface area contributed by atoms with E-state index in [0.29, 0.717) is 35.7 Å². The second-order valence-corrected chi connectivity index (χ2v) is 4.05. The number of rotatable bonds is 5. The normalized spacial score (nSPS) is 10.5. The molecule has 2 aromatic heterocycles. The number of nitrogens with one attached hydrogen (secondary N) is 2. The topological polar surface area (TPSA) is 115 Å². The Morgan fingerprint density at radius 3 is 2.47 bits per heavy atom. The molecule has 0 aliphatic carbocycles. The first-order chi connectivity index (χ1) is 9.13. The quantitative estimate of drug-likeness (QED) is 0.539. The number of hydrogen-bond acceptors (Lipinski definition) is 8. The summed E-state index contributed by atoms with van der Waals surface area (Å²) in [6.45, 7) is 6.05. The number of hydrazine groups is 1. The predicted octanol–water partition coefficient (Wildman–Crippen LogP) is 0.937. The second kappa shape index (κ2) is 5.61. The number of aryl methyl sites for hydroxylation is 2. The minimum Gasteiger partial charge on any atom is -0.361 e. The maximum atomic E-state index is 5.44. The van der Waals surface area contributed by atoms with Gasteiger partial charge < -0.3 is 15.3 Å². The van der Waals surface area contributed by atoms with Gasteiger partial charge in [-0.2, -0.15) is 4.98 Å². The number of anilines is 2. The van der Waals surface area contributed by atoms with E-state index in [1.54, 1.807) is 6.92 Å². The fraction of sp³-hybridized carbons (Fsp3) is 0.455. The Morgan fingerprint density at radius 1 is 1.16 bits per heavy atom. The van der Waals surface area contributed by atoms with Crippen LogP contribution in [0.2, 0.25) is 0 Å². The monoisotopic (exact) mass is 263 g/mol. The number of nitrogen functional groups attached to an aromatic ring is 1. The van der Waals surface area contributed by atoms with Gasteiger partial charge in [-0.05, 0) is 13.8 Å². The molecule has 19 heavy (non-hydrogen) atoms. The number of nitrogens with two attached hydrogens (primary N) is 1. The molecular formula is C11H17N7O. The van der Waals surface area contributed by atoms with E-state index in [9.17, 15) is 0 Å². The van der Waals surface area contributed by atoms with Gasteiger partial charge in [0.05, 0.1) is 6.54 Å². The molecule has 0 radical (unpaired) electrons. The van der Waals surface area contributed by atoms with Gasteiger partial charge in [0, 0.05) is 12.0 Å². The van der Waals surface area contributed by atoms with E-state index in [1.807, 2.05) is 13.8 Å². The molecule has 0 atom stereocenters. The Balaban J connectivity index is 2.19. The third-order valence-electron chi connectivity index (χ3n) is 2.62. The highest BCUT2D eigenvalue weighted by molar-refractivity contribution is 5.56. The van der Waals surface area contributed by atoms with E-state index >= 15 is 0 Å². The fourth-order valence-corrected chi connectivity index (χ4v) is 1.60. The maximum Gasteiger partial charge on any atom is 0.245 e. The standard InChI is InChI=1S/C11H17N7O/c1-4-8-15-10(6(2)11(16-8)17-12)13-5-9-14-7(3)18-19-9/h4-5,12H2,1-3H3,(H2,13,15,16,17). The van der Waals surface area contributed by atoms with Gasteiger partial charge in [-0.3, -0.25) is 0 Å². The van der Waals surface area contributed by atoms with Crippen LogP contribution in [0.5, 0.6) is 0 Å². The highest BCUT2D eigenvalue weighted by atomic mass is 16.5. The molecule has 0 aliphatic rings. The molecular weight excluding hydrogens is 246 g/mol. The first kappa shape index (κ1) is 13.2. The molecule has 2 heterocycles. The second-order valence-electron chi connectivity index (χ2n) is 4.05. The molecule has 0 amide bonds. The maximum absolute atomic E-state index is 5.44. The molecule has 2 aromatic rings. The molecule has 8 heteroatoms. The SMILES string of the molecule is CCc1nc(NN)c(C)c(NCc2nc(C)no2)n1. The third kappa shape index (κ3) is 2.97. The van der Waals surface area contributed by atoms with Gasteiger partial charge in [0.25, 0.3) is 0 Å². The highest BCUT2D eigenvalue weighted by Gasteiger charge is 2.10. The summed E-state index contributed by atoms with van der Waals surface area (Å²) in [5, 5.41) is 6.88. The van der Waals surface area contributed by atoms with Crippen LogP contribution in [0.15, 0.2) is 4.52 Å². The molecule has 0 bridgehead atoms. The molecule has 102 valence electrons. The van der Waals surface area contributed by atoms with Crippen LogP contribution in [0, 0.1) is 13.8 Å². The average molecular weight is 263 g/mol. The first-order valence-electron chi connectivity index (χ1n) is 6.01.